The van der Waals surface area contributed by atoms with Crippen LogP contribution in [0.3, 0.4) is 0 Å². The summed E-state index contributed by atoms with van der Waals surface area (Å²) < 4.78 is 6.01. The molecule has 108 valence electrons. The molecule has 0 amide bonds. The average Bonchev–Trinajstić information content (AvgIpc) is 2.71. The molecule has 1 aromatic carbocycles. The summed E-state index contributed by atoms with van der Waals surface area (Å²) in [5.74, 6) is 0. The van der Waals surface area contributed by atoms with Gasteiger partial charge in [0, 0.05) is 19.5 Å². The first-order chi connectivity index (χ1) is 9.43. The summed E-state index contributed by atoms with van der Waals surface area (Å²) in [5.41, 5.74) is 0.800. The number of ether oxygens (including phenoxy) is 1. The second-order valence-electron chi connectivity index (χ2n) is 5.47. The summed E-state index contributed by atoms with van der Waals surface area (Å²) in [6.45, 7) is 5.40. The van der Waals surface area contributed by atoms with E-state index in [1.165, 1.54) is 0 Å². The third-order valence-electron chi connectivity index (χ3n) is 3.26. The minimum absolute atomic E-state index is 0.170. The van der Waals surface area contributed by atoms with E-state index in [1.54, 1.807) is 24.3 Å². The highest BCUT2D eigenvalue weighted by Gasteiger charge is 2.38. The Morgan fingerprint density at radius 1 is 1.50 bits per heavy atom. The molecule has 1 heterocycles. The Morgan fingerprint density at radius 3 is 2.70 bits per heavy atom. The third kappa shape index (κ3) is 3.26. The summed E-state index contributed by atoms with van der Waals surface area (Å²) in [7, 11) is 0. The van der Waals surface area contributed by atoms with Crippen LogP contribution in [0.4, 0.5) is 5.69 Å². The molecule has 1 aliphatic rings. The summed E-state index contributed by atoms with van der Waals surface area (Å²) in [6, 6.07) is 8.73. The van der Waals surface area contributed by atoms with Gasteiger partial charge in [-0.05, 0) is 31.5 Å². The molecular weight excluding hydrogens is 258 g/mol. The van der Waals surface area contributed by atoms with Crippen LogP contribution in [-0.4, -0.2) is 28.8 Å². The third-order valence-corrected chi connectivity index (χ3v) is 3.26. The molecule has 0 aromatic heterocycles. The Balaban J connectivity index is 2.18. The van der Waals surface area contributed by atoms with Crippen LogP contribution in [0.1, 0.15) is 32.1 Å². The van der Waals surface area contributed by atoms with Gasteiger partial charge in [0.2, 0.25) is 0 Å². The molecule has 1 saturated heterocycles. The highest BCUT2D eigenvalue weighted by molar-refractivity contribution is 5.45. The van der Waals surface area contributed by atoms with E-state index in [9.17, 15) is 5.21 Å². The van der Waals surface area contributed by atoms with Gasteiger partial charge < -0.3 is 15.2 Å². The SMILES string of the molecule is CC1(C)CN(CCC#N)C(c2ccc(N([O-])O)cc2)O1. The highest BCUT2D eigenvalue weighted by Crippen LogP contribution is 2.36. The molecule has 0 aliphatic carbocycles. The van der Waals surface area contributed by atoms with E-state index < -0.39 is 0 Å². The maximum atomic E-state index is 10.8. The standard InChI is InChI=1S/C14H18N3O3/c1-14(2)10-16(9-3-8-15)13(20-14)11-4-6-12(7-5-11)17(18)19/h4-7,13,18H,3,9-10H2,1-2H3/q-1. The van der Waals surface area contributed by atoms with E-state index in [1.807, 2.05) is 13.8 Å². The van der Waals surface area contributed by atoms with Crippen molar-refractivity contribution in [3.05, 3.63) is 35.0 Å². The molecular formula is C14H18N3O3-. The maximum absolute atomic E-state index is 10.8. The lowest BCUT2D eigenvalue weighted by atomic mass is 10.1. The van der Waals surface area contributed by atoms with Crippen molar-refractivity contribution in [2.24, 2.45) is 0 Å². The van der Waals surface area contributed by atoms with E-state index in [-0.39, 0.29) is 22.7 Å². The smallest absolute Gasteiger partial charge is 0.137 e. The fourth-order valence-electron chi connectivity index (χ4n) is 2.42. The van der Waals surface area contributed by atoms with Crippen LogP contribution in [0.15, 0.2) is 24.3 Å². The zero-order valence-electron chi connectivity index (χ0n) is 11.6. The normalized spacial score (nSPS) is 21.6. The Hall–Kier alpha value is -1.65. The zero-order valence-corrected chi connectivity index (χ0v) is 11.6. The molecule has 1 aliphatic heterocycles. The molecule has 6 heteroatoms. The fourth-order valence-corrected chi connectivity index (χ4v) is 2.42. The predicted molar refractivity (Wildman–Crippen MR) is 73.8 cm³/mol. The highest BCUT2D eigenvalue weighted by atomic mass is 16.8. The van der Waals surface area contributed by atoms with Crippen LogP contribution in [0.5, 0.6) is 0 Å². The molecule has 2 rings (SSSR count). The van der Waals surface area contributed by atoms with Crippen LogP contribution >= 0.6 is 0 Å². The first-order valence-corrected chi connectivity index (χ1v) is 6.48. The summed E-state index contributed by atoms with van der Waals surface area (Å²) in [6.07, 6.45) is 0.213. The quantitative estimate of drug-likeness (QED) is 0.850. The van der Waals surface area contributed by atoms with E-state index in [0.717, 1.165) is 12.1 Å². The van der Waals surface area contributed by atoms with Crippen LogP contribution in [0.25, 0.3) is 0 Å². The Morgan fingerprint density at radius 2 is 2.15 bits per heavy atom. The molecule has 0 bridgehead atoms. The van der Waals surface area contributed by atoms with Crippen molar-refractivity contribution < 1.29 is 9.94 Å². The van der Waals surface area contributed by atoms with E-state index in [0.29, 0.717) is 13.0 Å². The lowest BCUT2D eigenvalue weighted by molar-refractivity contribution is -0.0404. The molecule has 1 atom stereocenters. The zero-order chi connectivity index (χ0) is 14.8. The van der Waals surface area contributed by atoms with Crippen LogP contribution in [0, 0.1) is 16.5 Å². The number of nitrogens with zero attached hydrogens (tertiary/aromatic N) is 3. The first kappa shape index (κ1) is 14.8. The molecule has 0 spiro atoms. The molecule has 1 aromatic rings. The van der Waals surface area contributed by atoms with E-state index in [2.05, 4.69) is 11.0 Å². The van der Waals surface area contributed by atoms with Gasteiger partial charge in [0.05, 0.1) is 17.4 Å². The first-order valence-electron chi connectivity index (χ1n) is 6.48. The second kappa shape index (κ2) is 5.77. The number of hydrogen-bond donors (Lipinski definition) is 1. The van der Waals surface area contributed by atoms with Crippen LogP contribution in [-0.2, 0) is 4.74 Å². The van der Waals surface area contributed by atoms with Crippen LogP contribution < -0.4 is 5.23 Å². The Labute approximate surface area is 118 Å². The Bertz CT molecular complexity index is 493. The number of nitriles is 1. The van der Waals surface area contributed by atoms with Gasteiger partial charge in [-0.15, -0.1) is 0 Å². The molecule has 6 nitrogen and oxygen atoms in total. The van der Waals surface area contributed by atoms with Crippen molar-refractivity contribution in [3.63, 3.8) is 0 Å². The van der Waals surface area contributed by atoms with Crippen molar-refractivity contribution in [3.8, 4) is 6.07 Å². The molecule has 20 heavy (non-hydrogen) atoms. The lowest BCUT2D eigenvalue weighted by Gasteiger charge is -2.24. The Kier molecular flexibility index (Phi) is 4.26. The molecule has 0 radical (unpaired) electrons. The van der Waals surface area contributed by atoms with Crippen molar-refractivity contribution in [2.45, 2.75) is 32.1 Å². The van der Waals surface area contributed by atoms with Gasteiger partial charge in [0.15, 0.2) is 0 Å². The van der Waals surface area contributed by atoms with Gasteiger partial charge in [-0.2, -0.15) is 5.26 Å². The van der Waals surface area contributed by atoms with Crippen LogP contribution in [0.2, 0.25) is 0 Å². The largest absolute Gasteiger partial charge is 0.733 e. The van der Waals surface area contributed by atoms with E-state index >= 15 is 0 Å². The minimum atomic E-state index is -0.277. The van der Waals surface area contributed by atoms with Crippen molar-refractivity contribution in [1.29, 1.82) is 5.26 Å². The van der Waals surface area contributed by atoms with Crippen molar-refractivity contribution >= 4 is 5.69 Å². The van der Waals surface area contributed by atoms with Crippen molar-refractivity contribution in [2.75, 3.05) is 18.3 Å². The summed E-state index contributed by atoms with van der Waals surface area (Å²) in [5, 5.41) is 28.2. The van der Waals surface area contributed by atoms with Gasteiger partial charge in [0.25, 0.3) is 0 Å². The fraction of sp³-hybridized carbons (Fsp3) is 0.500. The second-order valence-corrected chi connectivity index (χ2v) is 5.47. The van der Waals surface area contributed by atoms with Gasteiger partial charge in [-0.1, -0.05) is 12.1 Å². The maximum Gasteiger partial charge on any atom is 0.137 e. The molecule has 0 saturated carbocycles. The predicted octanol–water partition coefficient (Wildman–Crippen LogP) is 2.40. The number of benzene rings is 1. The van der Waals surface area contributed by atoms with Gasteiger partial charge >= 0.3 is 0 Å². The molecule has 1 fully saturated rings. The van der Waals surface area contributed by atoms with Gasteiger partial charge in [-0.25, -0.2) is 0 Å². The minimum Gasteiger partial charge on any atom is -0.733 e. The lowest BCUT2D eigenvalue weighted by Crippen LogP contribution is -2.29. The van der Waals surface area contributed by atoms with Gasteiger partial charge in [0.1, 0.15) is 6.23 Å². The summed E-state index contributed by atoms with van der Waals surface area (Å²) in [4.78, 5) is 2.10. The van der Waals surface area contributed by atoms with Crippen molar-refractivity contribution in [1.82, 2.24) is 4.90 Å². The molecule has 1 unspecified atom stereocenters. The van der Waals surface area contributed by atoms with E-state index in [4.69, 9.17) is 15.2 Å². The topological polar surface area (TPSA) is 82.8 Å². The molecule has 1 N–H and O–H groups in total. The van der Waals surface area contributed by atoms with Gasteiger partial charge in [-0.3, -0.25) is 10.1 Å². The number of rotatable bonds is 4. The number of hydrogen-bond acceptors (Lipinski definition) is 6. The summed E-state index contributed by atoms with van der Waals surface area (Å²) >= 11 is 0. The monoisotopic (exact) mass is 276 g/mol. The number of anilines is 1. The average molecular weight is 276 g/mol.